The van der Waals surface area contributed by atoms with Gasteiger partial charge in [0.25, 0.3) is 0 Å². The summed E-state index contributed by atoms with van der Waals surface area (Å²) in [5.74, 6) is -0.225. The van der Waals surface area contributed by atoms with Crippen molar-refractivity contribution in [3.63, 3.8) is 0 Å². The number of piperidine rings is 1. The molecule has 2 aliphatic rings. The Hall–Kier alpha value is -1.74. The maximum atomic E-state index is 13.5. The van der Waals surface area contributed by atoms with Gasteiger partial charge in [-0.2, -0.15) is 0 Å². The molecule has 0 N–H and O–H groups in total. The number of methoxy groups -OCH3 is 1. The maximum absolute atomic E-state index is 13.5. The van der Waals surface area contributed by atoms with Crippen molar-refractivity contribution in [1.82, 2.24) is 9.80 Å². The number of carbonyl (C=O) groups is 2. The third-order valence-electron chi connectivity index (χ3n) is 6.87. The number of hydrogen-bond acceptors (Lipinski definition) is 4. The number of amides is 1. The standard InChI is InChI=1S/C26H31N2O3.Pb/c1-31-26(30)24-18-23(19-28(24)25(29)17-21-12-6-3-7-13-21)27-15-9-8-14-22(27)16-20-10-4-2-5-11-20;/h2-7,10-13,17,22-24H,8-9,14-16,18-19H2,1H3;. The minimum atomic E-state index is -0.489. The van der Waals surface area contributed by atoms with E-state index in [1.165, 1.54) is 25.5 Å². The average molecular weight is 627 g/mol. The molecule has 2 aromatic rings. The Bertz CT molecular complexity index is 908. The predicted molar refractivity (Wildman–Crippen MR) is 125 cm³/mol. The topological polar surface area (TPSA) is 49.9 Å². The van der Waals surface area contributed by atoms with Crippen LogP contribution in [0.25, 0.3) is 0 Å². The summed E-state index contributed by atoms with van der Waals surface area (Å²) in [6, 6.07) is 20.7. The van der Waals surface area contributed by atoms with Crippen molar-refractivity contribution in [2.24, 2.45) is 0 Å². The molecule has 6 heteroatoms. The normalized spacial score (nSPS) is 24.8. The van der Waals surface area contributed by atoms with Gasteiger partial charge in [0.2, 0.25) is 0 Å². The first-order valence-corrected chi connectivity index (χ1v) is 13.8. The van der Waals surface area contributed by atoms with Crippen molar-refractivity contribution in [2.75, 3.05) is 20.2 Å². The zero-order chi connectivity index (χ0) is 22.5. The molecule has 0 aromatic heterocycles. The second kappa shape index (κ2) is 10.9. The first-order chi connectivity index (χ1) is 15.6. The van der Waals surface area contributed by atoms with Gasteiger partial charge < -0.3 is 0 Å². The van der Waals surface area contributed by atoms with Gasteiger partial charge in [-0.05, 0) is 0 Å². The van der Waals surface area contributed by atoms with Crippen molar-refractivity contribution >= 4 is 37.6 Å². The van der Waals surface area contributed by atoms with Crippen LogP contribution in [0.15, 0.2) is 60.7 Å². The van der Waals surface area contributed by atoms with Crippen molar-refractivity contribution in [1.29, 1.82) is 0 Å². The second-order valence-corrected chi connectivity index (χ2v) is 11.1. The summed E-state index contributed by atoms with van der Waals surface area (Å²) in [4.78, 5) is 30.6. The summed E-state index contributed by atoms with van der Waals surface area (Å²) in [5.41, 5.74) is 2.39. The summed E-state index contributed by atoms with van der Waals surface area (Å²) in [7, 11) is 1.42. The van der Waals surface area contributed by atoms with Gasteiger partial charge in [-0.3, -0.25) is 0 Å². The molecule has 167 valence electrons. The first kappa shape index (κ1) is 23.4. The third-order valence-corrected chi connectivity index (χ3v) is 9.13. The number of ether oxygens (including phenoxy) is 1. The van der Waals surface area contributed by atoms with Crippen LogP contribution >= 0.6 is 0 Å². The predicted octanol–water partition coefficient (Wildman–Crippen LogP) is 3.14. The summed E-state index contributed by atoms with van der Waals surface area (Å²) >= 11 is 0.710. The number of nitrogens with zero attached hydrogens (tertiary/aromatic N) is 2. The fourth-order valence-corrected chi connectivity index (χ4v) is 6.61. The van der Waals surface area contributed by atoms with Crippen LogP contribution in [0.4, 0.5) is 0 Å². The van der Waals surface area contributed by atoms with Gasteiger partial charge in [0, 0.05) is 0 Å². The van der Waals surface area contributed by atoms with Gasteiger partial charge in [-0.1, -0.05) is 0 Å². The third kappa shape index (κ3) is 5.25. The average Bonchev–Trinajstić information content (AvgIpc) is 3.29. The molecule has 0 aliphatic carbocycles. The Labute approximate surface area is 206 Å². The molecular formula is C26H31N2O3Pb. The molecule has 2 aromatic carbocycles. The molecular weight excluding hydrogens is 595 g/mol. The Kier molecular flexibility index (Phi) is 7.99. The van der Waals surface area contributed by atoms with Gasteiger partial charge >= 0.3 is 207 Å². The van der Waals surface area contributed by atoms with Crippen molar-refractivity contribution < 1.29 is 14.3 Å². The summed E-state index contributed by atoms with van der Waals surface area (Å²) in [6.07, 6.45) is 5.25. The van der Waals surface area contributed by atoms with Gasteiger partial charge in [0.05, 0.1) is 0 Å². The second-order valence-electron chi connectivity index (χ2n) is 8.84. The van der Waals surface area contributed by atoms with Crippen LogP contribution in [0.2, 0.25) is 0 Å². The van der Waals surface area contributed by atoms with E-state index in [0.717, 1.165) is 24.9 Å². The number of benzene rings is 2. The Morgan fingerprint density at radius 3 is 2.44 bits per heavy atom. The summed E-state index contributed by atoms with van der Waals surface area (Å²) in [6.45, 7) is 1.64. The van der Waals surface area contributed by atoms with Crippen LogP contribution in [0, 0.1) is 0 Å². The van der Waals surface area contributed by atoms with Gasteiger partial charge in [0.15, 0.2) is 0 Å². The van der Waals surface area contributed by atoms with E-state index in [-0.39, 0.29) is 21.4 Å². The quantitative estimate of drug-likeness (QED) is 0.366. The van der Waals surface area contributed by atoms with Gasteiger partial charge in [-0.25, -0.2) is 0 Å². The molecule has 2 heterocycles. The number of carbonyl (C=O) groups excluding carboxylic acids is 2. The molecule has 2 fully saturated rings. The van der Waals surface area contributed by atoms with Crippen LogP contribution in [0.3, 0.4) is 0 Å². The fraction of sp³-hybridized carbons (Fsp3) is 0.462. The Balaban J connectivity index is 1.53. The Morgan fingerprint density at radius 1 is 1.06 bits per heavy atom. The Morgan fingerprint density at radius 2 is 1.75 bits per heavy atom. The first-order valence-electron chi connectivity index (χ1n) is 11.5. The molecule has 2 saturated heterocycles. The van der Waals surface area contributed by atoms with Crippen LogP contribution in [-0.4, -0.2) is 85.8 Å². The van der Waals surface area contributed by atoms with Crippen molar-refractivity contribution in [3.05, 3.63) is 71.8 Å². The minimum absolute atomic E-state index is 0.0670. The summed E-state index contributed by atoms with van der Waals surface area (Å²) in [5, 5.41) is 0. The fourth-order valence-electron chi connectivity index (χ4n) is 5.22. The van der Waals surface area contributed by atoms with E-state index in [2.05, 4.69) is 35.2 Å². The van der Waals surface area contributed by atoms with E-state index in [9.17, 15) is 9.59 Å². The monoisotopic (exact) mass is 627 g/mol. The van der Waals surface area contributed by atoms with E-state index < -0.39 is 6.04 Å². The van der Waals surface area contributed by atoms with E-state index >= 15 is 0 Å². The molecule has 32 heavy (non-hydrogen) atoms. The molecule has 4 atom stereocenters. The van der Waals surface area contributed by atoms with Crippen molar-refractivity contribution in [3.8, 4) is 0 Å². The SMILES string of the molecule is COC(=O)C1CC(N2CCCCC2Cc2ccccc2)CN1C(=O)[CH]([Pb])c1ccccc1. The van der Waals surface area contributed by atoms with E-state index in [4.69, 9.17) is 4.74 Å². The van der Waals surface area contributed by atoms with Crippen molar-refractivity contribution in [2.45, 2.75) is 53.7 Å². The molecule has 0 bridgehead atoms. The number of esters is 1. The van der Waals surface area contributed by atoms with E-state index in [1.807, 2.05) is 35.2 Å². The van der Waals surface area contributed by atoms with Crippen LogP contribution in [-0.2, 0) is 20.7 Å². The van der Waals surface area contributed by atoms with Crippen LogP contribution in [0.1, 0.15) is 40.3 Å². The number of hydrogen-bond donors (Lipinski definition) is 0. The molecule has 5 nitrogen and oxygen atoms in total. The molecule has 2 aliphatic heterocycles. The van der Waals surface area contributed by atoms with Gasteiger partial charge in [-0.15, -0.1) is 0 Å². The van der Waals surface area contributed by atoms with Crippen LogP contribution < -0.4 is 0 Å². The number of rotatable bonds is 6. The van der Waals surface area contributed by atoms with Crippen LogP contribution in [0.5, 0.6) is 0 Å². The molecule has 0 spiro atoms. The molecule has 0 saturated carbocycles. The van der Waals surface area contributed by atoms with Gasteiger partial charge in [0.1, 0.15) is 0 Å². The molecule has 4 unspecified atom stereocenters. The summed E-state index contributed by atoms with van der Waals surface area (Å²) < 4.78 is 4.97. The van der Waals surface area contributed by atoms with E-state index in [0.29, 0.717) is 44.8 Å². The molecule has 1 amide bonds. The molecule has 3 radical (unpaired) electrons. The molecule has 4 rings (SSSR count). The zero-order valence-corrected chi connectivity index (χ0v) is 22.5. The van der Waals surface area contributed by atoms with E-state index in [1.54, 1.807) is 0 Å². The zero-order valence-electron chi connectivity index (χ0n) is 18.7. The number of likely N-dealkylation sites (tertiary alicyclic amines) is 2.